The second-order valence-corrected chi connectivity index (χ2v) is 6.03. The molecule has 1 aromatic rings. The Hall–Kier alpha value is -1.59. The van der Waals surface area contributed by atoms with Crippen molar-refractivity contribution in [2.24, 2.45) is 0 Å². The minimum Gasteiger partial charge on any atom is -0.342 e. The molecule has 0 aromatic heterocycles. The van der Waals surface area contributed by atoms with Crippen LogP contribution in [0.4, 0.5) is 0 Å². The Kier molecular flexibility index (Phi) is 7.03. The van der Waals surface area contributed by atoms with Gasteiger partial charge in [0.2, 0.25) is 5.91 Å². The van der Waals surface area contributed by atoms with E-state index in [1.54, 1.807) is 29.0 Å². The van der Waals surface area contributed by atoms with Crippen molar-refractivity contribution in [2.75, 3.05) is 33.7 Å². The van der Waals surface area contributed by atoms with Crippen LogP contribution in [0.2, 0.25) is 0 Å². The fourth-order valence-corrected chi connectivity index (χ4v) is 3.04. The van der Waals surface area contributed by atoms with Crippen LogP contribution in [-0.2, 0) is 4.79 Å². The summed E-state index contributed by atoms with van der Waals surface area (Å²) in [5.41, 5.74) is -0.101. The molecule has 0 saturated carbocycles. The van der Waals surface area contributed by atoms with Crippen LogP contribution in [0.1, 0.15) is 30.1 Å². The maximum absolute atomic E-state index is 12.8. The van der Waals surface area contributed by atoms with Crippen molar-refractivity contribution in [3.63, 3.8) is 0 Å². The Labute approximate surface area is 144 Å². The number of carbonyl (C=O) groups excluding carboxylic acids is 2. The molecule has 5 nitrogen and oxygen atoms in total. The van der Waals surface area contributed by atoms with Crippen LogP contribution in [0.15, 0.2) is 30.3 Å². The van der Waals surface area contributed by atoms with Gasteiger partial charge in [0.1, 0.15) is 5.54 Å². The molecule has 0 aliphatic carbocycles. The highest BCUT2D eigenvalue weighted by atomic mass is 35.5. The molecule has 0 bridgehead atoms. The summed E-state index contributed by atoms with van der Waals surface area (Å²) in [5, 5.41) is 3.04. The van der Waals surface area contributed by atoms with Gasteiger partial charge in [-0.15, -0.1) is 12.4 Å². The van der Waals surface area contributed by atoms with Crippen molar-refractivity contribution in [1.82, 2.24) is 15.1 Å². The summed E-state index contributed by atoms with van der Waals surface area (Å²) in [7, 11) is 3.66. The number of hydrogen-bond donors (Lipinski definition) is 1. The minimum absolute atomic E-state index is 0. The van der Waals surface area contributed by atoms with Gasteiger partial charge in [0.25, 0.3) is 5.91 Å². The van der Waals surface area contributed by atoms with Gasteiger partial charge in [-0.3, -0.25) is 9.59 Å². The third-order valence-electron chi connectivity index (χ3n) is 4.41. The zero-order chi connectivity index (χ0) is 16.2. The summed E-state index contributed by atoms with van der Waals surface area (Å²) >= 11 is 0. The van der Waals surface area contributed by atoms with E-state index in [1.807, 2.05) is 32.2 Å². The van der Waals surface area contributed by atoms with Crippen LogP contribution >= 0.6 is 12.4 Å². The van der Waals surface area contributed by atoms with E-state index >= 15 is 0 Å². The second-order valence-electron chi connectivity index (χ2n) is 6.03. The number of likely N-dealkylation sites (tertiary alicyclic amines) is 1. The van der Waals surface area contributed by atoms with Crippen molar-refractivity contribution < 1.29 is 9.59 Å². The summed E-state index contributed by atoms with van der Waals surface area (Å²) < 4.78 is 0. The van der Waals surface area contributed by atoms with Gasteiger partial charge in [-0.1, -0.05) is 18.2 Å². The molecule has 1 saturated heterocycles. The summed E-state index contributed by atoms with van der Waals surface area (Å²) in [6.45, 7) is 3.90. The lowest BCUT2D eigenvalue weighted by atomic mass is 9.96. The van der Waals surface area contributed by atoms with Crippen molar-refractivity contribution in [3.8, 4) is 0 Å². The van der Waals surface area contributed by atoms with E-state index in [2.05, 4.69) is 5.32 Å². The van der Waals surface area contributed by atoms with Crippen LogP contribution in [0.5, 0.6) is 0 Å². The lowest BCUT2D eigenvalue weighted by molar-refractivity contribution is -0.139. The average Bonchev–Trinajstić information content (AvgIpc) is 2.94. The highest BCUT2D eigenvalue weighted by molar-refractivity contribution is 5.99. The summed E-state index contributed by atoms with van der Waals surface area (Å²) in [6, 6.07) is 9.19. The molecule has 1 N–H and O–H groups in total. The van der Waals surface area contributed by atoms with E-state index in [-0.39, 0.29) is 24.2 Å². The van der Waals surface area contributed by atoms with Gasteiger partial charge in [0.05, 0.1) is 0 Å². The van der Waals surface area contributed by atoms with E-state index in [0.717, 1.165) is 13.0 Å². The highest BCUT2D eigenvalue weighted by Gasteiger charge is 2.46. The van der Waals surface area contributed by atoms with E-state index in [1.165, 1.54) is 0 Å². The third kappa shape index (κ3) is 4.03. The van der Waals surface area contributed by atoms with Gasteiger partial charge in [-0.05, 0) is 38.9 Å². The number of likely N-dealkylation sites (N-methyl/N-ethyl adjacent to an activating group) is 2. The number of hydrogen-bond acceptors (Lipinski definition) is 3. The number of amides is 2. The predicted octanol–water partition coefficient (Wildman–Crippen LogP) is 1.78. The minimum atomic E-state index is -0.741. The molecule has 2 amide bonds. The molecule has 1 fully saturated rings. The molecule has 0 spiro atoms. The molecule has 2 rings (SSSR count). The summed E-state index contributed by atoms with van der Waals surface area (Å²) in [6.07, 6.45) is 1.58. The molecule has 1 heterocycles. The van der Waals surface area contributed by atoms with Crippen LogP contribution < -0.4 is 5.32 Å². The largest absolute Gasteiger partial charge is 0.342 e. The first-order valence-corrected chi connectivity index (χ1v) is 7.78. The third-order valence-corrected chi connectivity index (χ3v) is 4.41. The zero-order valence-electron chi connectivity index (χ0n) is 14.0. The quantitative estimate of drug-likeness (QED) is 0.889. The molecular formula is C17H26ClN3O2. The smallest absolute Gasteiger partial charge is 0.254 e. The molecule has 1 atom stereocenters. The van der Waals surface area contributed by atoms with E-state index in [4.69, 9.17) is 0 Å². The highest BCUT2D eigenvalue weighted by Crippen LogP contribution is 2.32. The van der Waals surface area contributed by atoms with Crippen molar-refractivity contribution >= 4 is 24.2 Å². The normalized spacial score (nSPS) is 20.0. The van der Waals surface area contributed by atoms with E-state index in [0.29, 0.717) is 25.1 Å². The topological polar surface area (TPSA) is 52.7 Å². The van der Waals surface area contributed by atoms with Gasteiger partial charge < -0.3 is 15.1 Å². The van der Waals surface area contributed by atoms with Gasteiger partial charge in [0, 0.05) is 32.2 Å². The summed E-state index contributed by atoms with van der Waals surface area (Å²) in [4.78, 5) is 29.0. The number of nitrogens with one attached hydrogen (secondary N) is 1. The monoisotopic (exact) mass is 339 g/mol. The van der Waals surface area contributed by atoms with Crippen LogP contribution in [0.3, 0.4) is 0 Å². The number of rotatable bonds is 5. The Bertz CT molecular complexity index is 538. The number of halogens is 1. The first-order valence-electron chi connectivity index (χ1n) is 7.78. The average molecular weight is 340 g/mol. The fourth-order valence-electron chi connectivity index (χ4n) is 3.04. The van der Waals surface area contributed by atoms with Gasteiger partial charge in [-0.25, -0.2) is 0 Å². The molecule has 23 heavy (non-hydrogen) atoms. The van der Waals surface area contributed by atoms with Gasteiger partial charge in [0.15, 0.2) is 0 Å². The van der Waals surface area contributed by atoms with Crippen molar-refractivity contribution in [1.29, 1.82) is 0 Å². The second kappa shape index (κ2) is 8.31. The first-order chi connectivity index (χ1) is 10.5. The molecule has 1 aliphatic heterocycles. The zero-order valence-corrected chi connectivity index (χ0v) is 14.9. The van der Waals surface area contributed by atoms with Crippen molar-refractivity contribution in [3.05, 3.63) is 35.9 Å². The van der Waals surface area contributed by atoms with E-state index < -0.39 is 5.54 Å². The number of nitrogens with zero attached hydrogens (tertiary/aromatic N) is 2. The Balaban J connectivity index is 0.00000264. The SMILES string of the molecule is CNCCN(C)C(=O)C1(C)CCCN1C(=O)c1ccccc1.Cl. The number of benzene rings is 1. The standard InChI is InChI=1S/C17H25N3O2.ClH/c1-17(16(22)19(3)13-11-18-2)10-7-12-20(17)15(21)14-8-5-4-6-9-14;/h4-6,8-9,18H,7,10-13H2,1-3H3;1H. The molecule has 128 valence electrons. The lowest BCUT2D eigenvalue weighted by Gasteiger charge is -2.37. The van der Waals surface area contributed by atoms with Gasteiger partial charge >= 0.3 is 0 Å². The lowest BCUT2D eigenvalue weighted by Crippen LogP contribution is -2.56. The first kappa shape index (κ1) is 19.5. The molecule has 1 unspecified atom stereocenters. The number of carbonyl (C=O) groups is 2. The molecule has 1 aromatic carbocycles. The molecule has 0 radical (unpaired) electrons. The van der Waals surface area contributed by atoms with E-state index in [9.17, 15) is 9.59 Å². The Morgan fingerprint density at radius 3 is 2.57 bits per heavy atom. The van der Waals surface area contributed by atoms with Crippen LogP contribution in [0, 0.1) is 0 Å². The molecule has 6 heteroatoms. The Morgan fingerprint density at radius 2 is 1.96 bits per heavy atom. The Morgan fingerprint density at radius 1 is 1.30 bits per heavy atom. The maximum Gasteiger partial charge on any atom is 0.254 e. The fraction of sp³-hybridized carbons (Fsp3) is 0.529. The van der Waals surface area contributed by atoms with Crippen LogP contribution in [0.25, 0.3) is 0 Å². The molecular weight excluding hydrogens is 314 g/mol. The predicted molar refractivity (Wildman–Crippen MR) is 93.9 cm³/mol. The van der Waals surface area contributed by atoms with Crippen molar-refractivity contribution in [2.45, 2.75) is 25.3 Å². The molecule has 1 aliphatic rings. The summed E-state index contributed by atoms with van der Waals surface area (Å²) in [5.74, 6) is -0.0412. The van der Waals surface area contributed by atoms with Crippen LogP contribution in [-0.4, -0.2) is 60.9 Å². The maximum atomic E-state index is 12.8. The van der Waals surface area contributed by atoms with Gasteiger partial charge in [-0.2, -0.15) is 0 Å².